The summed E-state index contributed by atoms with van der Waals surface area (Å²) in [7, 11) is 1.59. The van der Waals surface area contributed by atoms with Gasteiger partial charge in [0.05, 0.1) is 12.8 Å². The molecule has 1 aromatic heterocycles. The number of carbonyl (C=O) groups excluding carboxylic acids is 3. The molecule has 1 atom stereocenters. The van der Waals surface area contributed by atoms with E-state index in [1.807, 2.05) is 31.2 Å². The van der Waals surface area contributed by atoms with Crippen molar-refractivity contribution in [2.75, 3.05) is 20.3 Å². The maximum atomic E-state index is 12.3. The summed E-state index contributed by atoms with van der Waals surface area (Å²) in [5.74, 6) is -0.729. The van der Waals surface area contributed by atoms with Crippen LogP contribution in [0.3, 0.4) is 0 Å². The van der Waals surface area contributed by atoms with Crippen LogP contribution in [0.1, 0.15) is 35.6 Å². The Morgan fingerprint density at radius 2 is 1.90 bits per heavy atom. The van der Waals surface area contributed by atoms with Gasteiger partial charge in [-0.15, -0.1) is 11.3 Å². The molecule has 0 unspecified atom stereocenters. The number of nitrogens with one attached hydrogen (secondary N) is 2. The minimum absolute atomic E-state index is 0.283. The van der Waals surface area contributed by atoms with Gasteiger partial charge in [-0.2, -0.15) is 0 Å². The molecule has 9 heteroatoms. The van der Waals surface area contributed by atoms with Gasteiger partial charge in [-0.1, -0.05) is 6.92 Å². The van der Waals surface area contributed by atoms with Crippen molar-refractivity contribution >= 4 is 29.1 Å². The zero-order valence-electron chi connectivity index (χ0n) is 16.9. The standard InChI is InChI=1S/C20H25N3O5S/c1-5-10-21-18(25)13(3)22-16(24)11-28-20(26)17-12(2)23-19(29-17)14-6-8-15(27-4)9-7-14/h6-9,13H,5,10-11H2,1-4H3,(H,21,25)(H,22,24)/t13-/m0/s1. The minimum atomic E-state index is -0.709. The summed E-state index contributed by atoms with van der Waals surface area (Å²) in [5.41, 5.74) is 1.38. The zero-order chi connectivity index (χ0) is 21.4. The van der Waals surface area contributed by atoms with Crippen LogP contribution in [-0.2, 0) is 14.3 Å². The molecular weight excluding hydrogens is 394 g/mol. The molecule has 0 aliphatic rings. The van der Waals surface area contributed by atoms with Crippen molar-refractivity contribution in [1.82, 2.24) is 15.6 Å². The molecular formula is C20H25N3O5S. The van der Waals surface area contributed by atoms with Crippen LogP contribution >= 0.6 is 11.3 Å². The molecule has 29 heavy (non-hydrogen) atoms. The average molecular weight is 420 g/mol. The molecule has 2 N–H and O–H groups in total. The molecule has 0 fully saturated rings. The van der Waals surface area contributed by atoms with Gasteiger partial charge in [0, 0.05) is 12.1 Å². The number of amides is 2. The van der Waals surface area contributed by atoms with Gasteiger partial charge < -0.3 is 20.1 Å². The van der Waals surface area contributed by atoms with E-state index >= 15 is 0 Å². The van der Waals surface area contributed by atoms with Gasteiger partial charge >= 0.3 is 5.97 Å². The van der Waals surface area contributed by atoms with E-state index in [9.17, 15) is 14.4 Å². The number of rotatable bonds is 9. The quantitative estimate of drug-likeness (QED) is 0.604. The van der Waals surface area contributed by atoms with E-state index in [2.05, 4.69) is 15.6 Å². The van der Waals surface area contributed by atoms with Gasteiger partial charge in [-0.05, 0) is 44.5 Å². The van der Waals surface area contributed by atoms with Gasteiger partial charge in [0.1, 0.15) is 21.7 Å². The molecule has 0 bridgehead atoms. The van der Waals surface area contributed by atoms with Crippen LogP contribution in [0.2, 0.25) is 0 Å². The number of aromatic nitrogens is 1. The van der Waals surface area contributed by atoms with Crippen LogP contribution < -0.4 is 15.4 Å². The fourth-order valence-electron chi connectivity index (χ4n) is 2.39. The molecule has 0 spiro atoms. The molecule has 2 aromatic rings. The summed E-state index contributed by atoms with van der Waals surface area (Å²) in [6.07, 6.45) is 0.802. The lowest BCUT2D eigenvalue weighted by Crippen LogP contribution is -2.46. The van der Waals surface area contributed by atoms with E-state index in [-0.39, 0.29) is 5.91 Å². The largest absolute Gasteiger partial charge is 0.497 e. The van der Waals surface area contributed by atoms with Crippen molar-refractivity contribution in [1.29, 1.82) is 0 Å². The number of methoxy groups -OCH3 is 1. The number of carbonyl (C=O) groups is 3. The average Bonchev–Trinajstić information content (AvgIpc) is 3.11. The first-order valence-corrected chi connectivity index (χ1v) is 10.0. The smallest absolute Gasteiger partial charge is 0.350 e. The fourth-order valence-corrected chi connectivity index (χ4v) is 3.35. The predicted octanol–water partition coefficient (Wildman–Crippen LogP) is 2.31. The first-order chi connectivity index (χ1) is 13.8. The summed E-state index contributed by atoms with van der Waals surface area (Å²) in [5, 5.41) is 5.85. The molecule has 0 radical (unpaired) electrons. The number of aryl methyl sites for hydroxylation is 1. The topological polar surface area (TPSA) is 107 Å². The Balaban J connectivity index is 1.92. The maximum Gasteiger partial charge on any atom is 0.350 e. The Kier molecular flexibility index (Phi) is 8.14. The highest BCUT2D eigenvalue weighted by Crippen LogP contribution is 2.29. The Bertz CT molecular complexity index is 864. The number of ether oxygens (including phenoxy) is 2. The number of thiazole rings is 1. The van der Waals surface area contributed by atoms with Crippen molar-refractivity contribution < 1.29 is 23.9 Å². The van der Waals surface area contributed by atoms with Crippen LogP contribution in [-0.4, -0.2) is 49.1 Å². The lowest BCUT2D eigenvalue weighted by atomic mass is 10.2. The molecule has 0 saturated heterocycles. The number of hydrogen-bond acceptors (Lipinski definition) is 7. The van der Waals surface area contributed by atoms with E-state index in [4.69, 9.17) is 9.47 Å². The third-order valence-corrected chi connectivity index (χ3v) is 5.16. The van der Waals surface area contributed by atoms with Gasteiger partial charge in [-0.3, -0.25) is 9.59 Å². The highest BCUT2D eigenvalue weighted by atomic mass is 32.1. The minimum Gasteiger partial charge on any atom is -0.497 e. The van der Waals surface area contributed by atoms with Crippen molar-refractivity contribution in [3.63, 3.8) is 0 Å². The molecule has 2 rings (SSSR count). The molecule has 156 valence electrons. The van der Waals surface area contributed by atoms with Crippen LogP contribution in [0.4, 0.5) is 0 Å². The number of nitrogens with zero attached hydrogens (tertiary/aromatic N) is 1. The first-order valence-electron chi connectivity index (χ1n) is 9.21. The van der Waals surface area contributed by atoms with Gasteiger partial charge in [0.2, 0.25) is 5.91 Å². The van der Waals surface area contributed by atoms with Crippen molar-refractivity contribution in [2.45, 2.75) is 33.2 Å². The van der Waals surface area contributed by atoms with Crippen LogP contribution in [0.25, 0.3) is 10.6 Å². The van der Waals surface area contributed by atoms with E-state index in [1.165, 1.54) is 11.3 Å². The third-order valence-electron chi connectivity index (χ3n) is 3.97. The molecule has 2 amide bonds. The molecule has 0 aliphatic carbocycles. The number of esters is 1. The van der Waals surface area contributed by atoms with Crippen LogP contribution in [0, 0.1) is 6.92 Å². The summed E-state index contributed by atoms with van der Waals surface area (Å²) in [4.78, 5) is 40.8. The van der Waals surface area contributed by atoms with Gasteiger partial charge in [0.25, 0.3) is 5.91 Å². The number of hydrogen-bond donors (Lipinski definition) is 2. The second kappa shape index (κ2) is 10.6. The Morgan fingerprint density at radius 3 is 2.52 bits per heavy atom. The summed E-state index contributed by atoms with van der Waals surface area (Å²) >= 11 is 1.19. The second-order valence-electron chi connectivity index (χ2n) is 6.32. The van der Waals surface area contributed by atoms with E-state index in [0.717, 1.165) is 17.7 Å². The second-order valence-corrected chi connectivity index (χ2v) is 7.32. The summed E-state index contributed by atoms with van der Waals surface area (Å²) in [6.45, 7) is 5.28. The van der Waals surface area contributed by atoms with E-state index < -0.39 is 24.5 Å². The summed E-state index contributed by atoms with van der Waals surface area (Å²) in [6, 6.07) is 6.62. The molecule has 0 aliphatic heterocycles. The summed E-state index contributed by atoms with van der Waals surface area (Å²) < 4.78 is 10.2. The van der Waals surface area contributed by atoms with Gasteiger partial charge in [0.15, 0.2) is 6.61 Å². The third kappa shape index (κ3) is 6.28. The SMILES string of the molecule is CCCNC(=O)[C@H](C)NC(=O)COC(=O)c1sc(-c2ccc(OC)cc2)nc1C. The van der Waals surface area contributed by atoms with E-state index in [1.54, 1.807) is 21.0 Å². The maximum absolute atomic E-state index is 12.3. The fraction of sp³-hybridized carbons (Fsp3) is 0.400. The Labute approximate surface area is 173 Å². The van der Waals surface area contributed by atoms with Crippen molar-refractivity contribution in [3.8, 4) is 16.3 Å². The predicted molar refractivity (Wildman–Crippen MR) is 110 cm³/mol. The molecule has 1 heterocycles. The van der Waals surface area contributed by atoms with Crippen molar-refractivity contribution in [2.24, 2.45) is 0 Å². The Morgan fingerprint density at radius 1 is 1.21 bits per heavy atom. The highest BCUT2D eigenvalue weighted by Gasteiger charge is 2.20. The van der Waals surface area contributed by atoms with E-state index in [0.29, 0.717) is 22.1 Å². The number of benzene rings is 1. The molecule has 1 aromatic carbocycles. The molecule has 0 saturated carbocycles. The van der Waals surface area contributed by atoms with Gasteiger partial charge in [-0.25, -0.2) is 9.78 Å². The molecule has 8 nitrogen and oxygen atoms in total. The monoisotopic (exact) mass is 419 g/mol. The highest BCUT2D eigenvalue weighted by molar-refractivity contribution is 7.17. The Hall–Kier alpha value is -2.94. The zero-order valence-corrected chi connectivity index (χ0v) is 17.7. The van der Waals surface area contributed by atoms with Crippen LogP contribution in [0.5, 0.6) is 5.75 Å². The lowest BCUT2D eigenvalue weighted by Gasteiger charge is -2.13. The first kappa shape index (κ1) is 22.4. The van der Waals surface area contributed by atoms with Crippen molar-refractivity contribution in [3.05, 3.63) is 34.8 Å². The normalized spacial score (nSPS) is 11.4. The lowest BCUT2D eigenvalue weighted by molar-refractivity contribution is -0.130. The van der Waals surface area contributed by atoms with Crippen LogP contribution in [0.15, 0.2) is 24.3 Å².